The van der Waals surface area contributed by atoms with Crippen LogP contribution < -0.4 is 0 Å². The van der Waals surface area contributed by atoms with Gasteiger partial charge in [-0.25, -0.2) is 15.0 Å². The molecule has 7 aromatic rings. The fourth-order valence-corrected chi connectivity index (χ4v) is 5.88. The number of rotatable bonds is 4. The molecule has 0 bridgehead atoms. The van der Waals surface area contributed by atoms with E-state index in [2.05, 4.69) is 127 Å². The lowest BCUT2D eigenvalue weighted by atomic mass is 9.85. The molecule has 0 N–H and O–H groups in total. The van der Waals surface area contributed by atoms with Crippen molar-refractivity contribution >= 4 is 27.6 Å². The van der Waals surface area contributed by atoms with Gasteiger partial charge < -0.3 is 0 Å². The van der Waals surface area contributed by atoms with E-state index in [1.54, 1.807) is 0 Å². The van der Waals surface area contributed by atoms with Crippen molar-refractivity contribution in [2.24, 2.45) is 0 Å². The average molecular weight is 539 g/mol. The zero-order valence-corrected chi connectivity index (χ0v) is 22.9. The normalized spacial score (nSPS) is 14.2. The molecule has 0 radical (unpaired) electrons. The molecule has 0 amide bonds. The lowest BCUT2D eigenvalue weighted by molar-refractivity contribution is 0.783. The van der Waals surface area contributed by atoms with Crippen molar-refractivity contribution in [2.45, 2.75) is 12.3 Å². The van der Waals surface area contributed by atoms with Gasteiger partial charge in [0.05, 0.1) is 5.69 Å². The minimum Gasteiger partial charge on any atom is -0.260 e. The largest absolute Gasteiger partial charge is 0.260 e. The molecule has 4 heteroatoms. The number of allylic oxidation sites excluding steroid dienone is 1. The second-order valence-electron chi connectivity index (χ2n) is 10.7. The summed E-state index contributed by atoms with van der Waals surface area (Å²) < 4.78 is 0. The molecule has 42 heavy (non-hydrogen) atoms. The first kappa shape index (κ1) is 24.3. The van der Waals surface area contributed by atoms with Crippen molar-refractivity contribution in [1.82, 2.24) is 19.9 Å². The Labute approximate surface area is 244 Å². The van der Waals surface area contributed by atoms with Gasteiger partial charge in [0, 0.05) is 28.8 Å². The van der Waals surface area contributed by atoms with Gasteiger partial charge in [0.25, 0.3) is 0 Å². The van der Waals surface area contributed by atoms with Crippen LogP contribution in [0.15, 0.2) is 134 Å². The minimum absolute atomic E-state index is 0.236. The maximum absolute atomic E-state index is 5.00. The van der Waals surface area contributed by atoms with Crippen LogP contribution in [0.2, 0.25) is 0 Å². The summed E-state index contributed by atoms with van der Waals surface area (Å²) in [6.45, 7) is 0. The van der Waals surface area contributed by atoms with Crippen LogP contribution >= 0.6 is 0 Å². The molecule has 0 fully saturated rings. The van der Waals surface area contributed by atoms with Crippen molar-refractivity contribution < 1.29 is 0 Å². The van der Waals surface area contributed by atoms with E-state index in [-0.39, 0.29) is 5.92 Å². The van der Waals surface area contributed by atoms with Crippen molar-refractivity contribution in [3.63, 3.8) is 0 Å². The van der Waals surface area contributed by atoms with Gasteiger partial charge in [-0.15, -0.1) is 0 Å². The number of hydrogen-bond donors (Lipinski definition) is 0. The quantitative estimate of drug-likeness (QED) is 0.224. The molecule has 0 aliphatic heterocycles. The van der Waals surface area contributed by atoms with Gasteiger partial charge in [0.15, 0.2) is 17.5 Å². The third kappa shape index (κ3) is 4.43. The molecule has 1 aliphatic carbocycles. The minimum atomic E-state index is 0.236. The Balaban J connectivity index is 1.24. The Morgan fingerprint density at radius 3 is 1.67 bits per heavy atom. The third-order valence-corrected chi connectivity index (χ3v) is 8.09. The number of pyridine rings is 1. The first-order valence-electron chi connectivity index (χ1n) is 14.2. The van der Waals surface area contributed by atoms with E-state index in [4.69, 9.17) is 19.9 Å². The smallest absolute Gasteiger partial charge is 0.164 e. The topological polar surface area (TPSA) is 51.6 Å². The molecule has 1 atom stereocenters. The SMILES string of the molecule is C1=Cc2cccnc2C(c2ccc(-c3nc(-c4ccc5ccccc5c4)nc(-c4ccc5ccccc5c4)n3)cc2)C1. The summed E-state index contributed by atoms with van der Waals surface area (Å²) in [7, 11) is 0. The maximum atomic E-state index is 5.00. The van der Waals surface area contributed by atoms with Crippen LogP contribution in [-0.4, -0.2) is 19.9 Å². The van der Waals surface area contributed by atoms with Crippen molar-refractivity contribution in [3.8, 4) is 34.2 Å². The molecule has 4 nitrogen and oxygen atoms in total. The molecule has 2 heterocycles. The first-order valence-corrected chi connectivity index (χ1v) is 14.2. The van der Waals surface area contributed by atoms with E-state index in [0.29, 0.717) is 17.5 Å². The highest BCUT2D eigenvalue weighted by atomic mass is 15.0. The molecule has 1 aliphatic rings. The highest BCUT2D eigenvalue weighted by Crippen LogP contribution is 2.35. The summed E-state index contributed by atoms with van der Waals surface area (Å²) in [4.78, 5) is 19.7. The van der Waals surface area contributed by atoms with Crippen molar-refractivity contribution in [2.75, 3.05) is 0 Å². The molecular weight excluding hydrogens is 512 g/mol. The molecule has 8 rings (SSSR count). The van der Waals surface area contributed by atoms with E-state index in [0.717, 1.165) is 39.6 Å². The van der Waals surface area contributed by atoms with Crippen LogP contribution in [0.1, 0.15) is 29.2 Å². The highest BCUT2D eigenvalue weighted by Gasteiger charge is 2.20. The van der Waals surface area contributed by atoms with Crippen LogP contribution in [0, 0.1) is 0 Å². The average Bonchev–Trinajstić information content (AvgIpc) is 3.07. The molecule has 2 aromatic heterocycles. The summed E-state index contributed by atoms with van der Waals surface area (Å²) in [6, 6.07) is 42.2. The number of hydrogen-bond acceptors (Lipinski definition) is 4. The molecule has 5 aromatic carbocycles. The monoisotopic (exact) mass is 538 g/mol. The van der Waals surface area contributed by atoms with E-state index in [9.17, 15) is 0 Å². The summed E-state index contributed by atoms with van der Waals surface area (Å²) in [5, 5.41) is 4.69. The number of aromatic nitrogens is 4. The van der Waals surface area contributed by atoms with Gasteiger partial charge >= 0.3 is 0 Å². The van der Waals surface area contributed by atoms with E-state index in [1.807, 2.05) is 12.3 Å². The molecular formula is C38H26N4. The summed E-state index contributed by atoms with van der Waals surface area (Å²) in [5.74, 6) is 2.21. The second-order valence-corrected chi connectivity index (χ2v) is 10.7. The van der Waals surface area contributed by atoms with Crippen LogP contribution in [0.25, 0.3) is 61.8 Å². The molecule has 0 saturated heterocycles. The molecule has 1 unspecified atom stereocenters. The number of fused-ring (bicyclic) bond motifs is 3. The highest BCUT2D eigenvalue weighted by molar-refractivity contribution is 5.88. The fraction of sp³-hybridized carbons (Fsp3) is 0.0526. The van der Waals surface area contributed by atoms with Crippen molar-refractivity contribution in [3.05, 3.63) is 150 Å². The zero-order chi connectivity index (χ0) is 27.9. The Morgan fingerprint density at radius 2 is 1.05 bits per heavy atom. The molecule has 0 saturated carbocycles. The molecule has 0 spiro atoms. The third-order valence-electron chi connectivity index (χ3n) is 8.09. The van der Waals surface area contributed by atoms with Crippen LogP contribution in [0.5, 0.6) is 0 Å². The Kier molecular flexibility index (Phi) is 5.89. The van der Waals surface area contributed by atoms with Gasteiger partial charge in [-0.3, -0.25) is 4.98 Å². The summed E-state index contributed by atoms with van der Waals surface area (Å²) in [5.41, 5.74) is 6.44. The zero-order valence-electron chi connectivity index (χ0n) is 22.9. The van der Waals surface area contributed by atoms with Gasteiger partial charge in [0.2, 0.25) is 0 Å². The van der Waals surface area contributed by atoms with Crippen molar-refractivity contribution in [1.29, 1.82) is 0 Å². The van der Waals surface area contributed by atoms with Gasteiger partial charge in [-0.2, -0.15) is 0 Å². The predicted octanol–water partition coefficient (Wildman–Crippen LogP) is 9.12. The Bertz CT molecular complexity index is 2030. The molecule has 198 valence electrons. The standard InChI is InChI=1S/C38H26N4/c1-3-9-30-23-32(20-14-25(30)7-1)37-40-36(41-38(42-37)33-21-15-26-8-2-4-10-31(26)24-33)29-18-16-27(17-19-29)34-13-5-11-28-12-6-22-39-35(28)34/h1-12,14-24,34H,13H2. The van der Waals surface area contributed by atoms with E-state index >= 15 is 0 Å². The van der Waals surface area contributed by atoms with Crippen LogP contribution in [0.3, 0.4) is 0 Å². The van der Waals surface area contributed by atoms with Gasteiger partial charge in [-0.05, 0) is 57.3 Å². The summed E-state index contributed by atoms with van der Waals surface area (Å²) >= 11 is 0. The van der Waals surface area contributed by atoms with Gasteiger partial charge in [0.1, 0.15) is 0 Å². The second kappa shape index (κ2) is 10.2. The Morgan fingerprint density at radius 1 is 0.500 bits per heavy atom. The lowest BCUT2D eigenvalue weighted by Gasteiger charge is -2.21. The first-order chi connectivity index (χ1) is 20.8. The lowest BCUT2D eigenvalue weighted by Crippen LogP contribution is -2.08. The van der Waals surface area contributed by atoms with Gasteiger partial charge in [-0.1, -0.05) is 115 Å². The predicted molar refractivity (Wildman–Crippen MR) is 171 cm³/mol. The number of benzene rings is 5. The van der Waals surface area contributed by atoms with E-state index in [1.165, 1.54) is 21.9 Å². The number of nitrogens with zero attached hydrogens (tertiary/aromatic N) is 4. The maximum Gasteiger partial charge on any atom is 0.164 e. The fourth-order valence-electron chi connectivity index (χ4n) is 5.88. The summed E-state index contributed by atoms with van der Waals surface area (Å²) in [6.07, 6.45) is 7.22. The van der Waals surface area contributed by atoms with Crippen LogP contribution in [-0.2, 0) is 0 Å². The van der Waals surface area contributed by atoms with Crippen LogP contribution in [0.4, 0.5) is 0 Å². The van der Waals surface area contributed by atoms with E-state index < -0.39 is 0 Å². The Hall–Kier alpha value is -5.48.